The summed E-state index contributed by atoms with van der Waals surface area (Å²) >= 11 is 2.03. The van der Waals surface area contributed by atoms with Gasteiger partial charge in [-0.1, -0.05) is 32.0 Å². The van der Waals surface area contributed by atoms with E-state index in [9.17, 15) is 0 Å². The average Bonchev–Trinajstić information content (AvgIpc) is 2.73. The van der Waals surface area contributed by atoms with Crippen LogP contribution >= 0.6 is 11.8 Å². The van der Waals surface area contributed by atoms with Gasteiger partial charge >= 0.3 is 0 Å². The molecule has 0 amide bonds. The van der Waals surface area contributed by atoms with Crippen LogP contribution in [0.3, 0.4) is 0 Å². The zero-order valence-corrected chi connectivity index (χ0v) is 11.7. The monoisotopic (exact) mass is 249 g/mol. The van der Waals surface area contributed by atoms with Crippen molar-refractivity contribution in [1.82, 2.24) is 5.32 Å². The number of fused-ring (bicyclic) bond motifs is 1. The molecule has 0 saturated carbocycles. The normalized spacial score (nSPS) is 20.2. The number of hydrogen-bond donors (Lipinski definition) is 1. The van der Waals surface area contributed by atoms with Gasteiger partial charge in [0, 0.05) is 10.6 Å². The molecule has 0 aliphatic carbocycles. The second-order valence-electron chi connectivity index (χ2n) is 5.09. The Morgan fingerprint density at radius 3 is 3.06 bits per heavy atom. The molecule has 0 spiro atoms. The third-order valence-electron chi connectivity index (χ3n) is 3.41. The largest absolute Gasteiger partial charge is 0.316 e. The molecule has 0 aromatic heterocycles. The summed E-state index contributed by atoms with van der Waals surface area (Å²) in [7, 11) is 0. The highest BCUT2D eigenvalue weighted by atomic mass is 32.2. The van der Waals surface area contributed by atoms with Gasteiger partial charge < -0.3 is 5.32 Å². The van der Waals surface area contributed by atoms with Crippen LogP contribution < -0.4 is 5.32 Å². The van der Waals surface area contributed by atoms with E-state index < -0.39 is 0 Å². The van der Waals surface area contributed by atoms with Crippen molar-refractivity contribution in [3.63, 3.8) is 0 Å². The lowest BCUT2D eigenvalue weighted by atomic mass is 9.91. The third-order valence-corrected chi connectivity index (χ3v) is 4.66. The Labute approximate surface area is 109 Å². The van der Waals surface area contributed by atoms with Gasteiger partial charge in [-0.2, -0.15) is 0 Å². The molecule has 1 heterocycles. The van der Waals surface area contributed by atoms with Gasteiger partial charge in [0.25, 0.3) is 0 Å². The van der Waals surface area contributed by atoms with Crippen molar-refractivity contribution in [1.29, 1.82) is 0 Å². The van der Waals surface area contributed by atoms with Gasteiger partial charge in [-0.25, -0.2) is 0 Å². The summed E-state index contributed by atoms with van der Waals surface area (Å²) in [5.74, 6) is 2.82. The summed E-state index contributed by atoms with van der Waals surface area (Å²) in [5.41, 5.74) is 1.58. The van der Waals surface area contributed by atoms with Crippen molar-refractivity contribution in [2.24, 2.45) is 5.92 Å². The minimum atomic E-state index is 0.773. The molecule has 2 heteroatoms. The topological polar surface area (TPSA) is 12.0 Å². The van der Waals surface area contributed by atoms with Crippen LogP contribution in [0.5, 0.6) is 0 Å². The molecule has 2 atom stereocenters. The maximum absolute atomic E-state index is 3.53. The first-order valence-corrected chi connectivity index (χ1v) is 7.72. The first-order chi connectivity index (χ1) is 8.31. The molecule has 1 aliphatic rings. The van der Waals surface area contributed by atoms with Crippen LogP contribution in [0.2, 0.25) is 0 Å². The Bertz CT molecular complexity index is 351. The van der Waals surface area contributed by atoms with E-state index in [-0.39, 0.29) is 0 Å². The van der Waals surface area contributed by atoms with E-state index in [1.165, 1.54) is 23.5 Å². The fourth-order valence-corrected chi connectivity index (χ4v) is 3.79. The van der Waals surface area contributed by atoms with Crippen molar-refractivity contribution < 1.29 is 0 Å². The summed E-state index contributed by atoms with van der Waals surface area (Å²) in [4.78, 5) is 1.51. The summed E-state index contributed by atoms with van der Waals surface area (Å²) in [6.07, 6.45) is 2.55. The third kappa shape index (κ3) is 3.49. The molecule has 0 saturated heterocycles. The number of rotatable bonds is 6. The number of hydrogen-bond acceptors (Lipinski definition) is 2. The fraction of sp³-hybridized carbons (Fsp3) is 0.600. The Balaban J connectivity index is 1.84. The summed E-state index contributed by atoms with van der Waals surface area (Å²) in [5, 5.41) is 3.53. The summed E-state index contributed by atoms with van der Waals surface area (Å²) < 4.78 is 0. The zero-order chi connectivity index (χ0) is 12.1. The van der Waals surface area contributed by atoms with Gasteiger partial charge in [0.15, 0.2) is 0 Å². The molecule has 0 fully saturated rings. The maximum Gasteiger partial charge on any atom is 0.0107 e. The molecule has 2 unspecified atom stereocenters. The number of nitrogens with one attached hydrogen (secondary N) is 1. The number of benzene rings is 1. The van der Waals surface area contributed by atoms with Crippen LogP contribution in [0.1, 0.15) is 38.2 Å². The van der Waals surface area contributed by atoms with Crippen molar-refractivity contribution >= 4 is 11.8 Å². The van der Waals surface area contributed by atoms with E-state index in [2.05, 4.69) is 43.4 Å². The first-order valence-electron chi connectivity index (χ1n) is 6.73. The summed E-state index contributed by atoms with van der Waals surface area (Å²) in [6.45, 7) is 6.91. The van der Waals surface area contributed by atoms with E-state index in [1.54, 1.807) is 5.56 Å². The van der Waals surface area contributed by atoms with Crippen molar-refractivity contribution in [3.05, 3.63) is 29.8 Å². The van der Waals surface area contributed by atoms with Crippen molar-refractivity contribution in [2.45, 2.75) is 37.5 Å². The molecule has 1 aromatic rings. The van der Waals surface area contributed by atoms with Crippen LogP contribution in [0.15, 0.2) is 29.2 Å². The van der Waals surface area contributed by atoms with E-state index in [0.717, 1.165) is 24.9 Å². The molecular formula is C15H23NS. The van der Waals surface area contributed by atoms with E-state index >= 15 is 0 Å². The Morgan fingerprint density at radius 1 is 1.41 bits per heavy atom. The molecule has 94 valence electrons. The fourth-order valence-electron chi connectivity index (χ4n) is 2.52. The highest BCUT2D eigenvalue weighted by Gasteiger charge is 2.23. The van der Waals surface area contributed by atoms with Crippen LogP contribution in [0, 0.1) is 5.92 Å². The SMILES string of the molecule is CCCNCC(C)CC1CSc2ccccc21. The lowest BCUT2D eigenvalue weighted by Gasteiger charge is -2.17. The van der Waals surface area contributed by atoms with Gasteiger partial charge in [-0.3, -0.25) is 0 Å². The second-order valence-corrected chi connectivity index (χ2v) is 6.15. The highest BCUT2D eigenvalue weighted by molar-refractivity contribution is 7.99. The molecule has 0 radical (unpaired) electrons. The minimum Gasteiger partial charge on any atom is -0.316 e. The second kappa shape index (κ2) is 6.46. The van der Waals surface area contributed by atoms with E-state index in [4.69, 9.17) is 0 Å². The molecule has 0 bridgehead atoms. The van der Waals surface area contributed by atoms with E-state index in [0.29, 0.717) is 0 Å². The first kappa shape index (κ1) is 13.0. The van der Waals surface area contributed by atoms with Crippen molar-refractivity contribution in [3.8, 4) is 0 Å². The van der Waals surface area contributed by atoms with Crippen molar-refractivity contribution in [2.75, 3.05) is 18.8 Å². The Hall–Kier alpha value is -0.470. The van der Waals surface area contributed by atoms with Gasteiger partial charge in [-0.05, 0) is 49.4 Å². The van der Waals surface area contributed by atoms with Crippen LogP contribution in [-0.4, -0.2) is 18.8 Å². The van der Waals surface area contributed by atoms with Crippen LogP contribution in [0.4, 0.5) is 0 Å². The standard InChI is InChI=1S/C15H23NS/c1-3-8-16-10-12(2)9-13-11-17-15-7-5-4-6-14(13)15/h4-7,12-13,16H,3,8-11H2,1-2H3. The van der Waals surface area contributed by atoms with Gasteiger partial charge in [0.1, 0.15) is 0 Å². The molecule has 1 nitrogen and oxygen atoms in total. The highest BCUT2D eigenvalue weighted by Crippen LogP contribution is 2.42. The van der Waals surface area contributed by atoms with Crippen LogP contribution in [-0.2, 0) is 0 Å². The lowest BCUT2D eigenvalue weighted by molar-refractivity contribution is 0.452. The maximum atomic E-state index is 3.53. The van der Waals surface area contributed by atoms with Gasteiger partial charge in [0.05, 0.1) is 0 Å². The predicted octanol–water partition coefficient (Wildman–Crippen LogP) is 3.90. The average molecular weight is 249 g/mol. The predicted molar refractivity (Wildman–Crippen MR) is 76.8 cm³/mol. The molecule has 17 heavy (non-hydrogen) atoms. The van der Waals surface area contributed by atoms with Crippen LogP contribution in [0.25, 0.3) is 0 Å². The molecule has 1 aliphatic heterocycles. The molecule has 2 rings (SSSR count). The molecule has 1 N–H and O–H groups in total. The van der Waals surface area contributed by atoms with E-state index in [1.807, 2.05) is 11.8 Å². The Kier molecular flexibility index (Phi) is 4.93. The smallest absolute Gasteiger partial charge is 0.0107 e. The zero-order valence-electron chi connectivity index (χ0n) is 10.9. The summed E-state index contributed by atoms with van der Waals surface area (Å²) in [6, 6.07) is 8.91. The minimum absolute atomic E-state index is 0.773. The molecular weight excluding hydrogens is 226 g/mol. The lowest BCUT2D eigenvalue weighted by Crippen LogP contribution is -2.23. The quantitative estimate of drug-likeness (QED) is 0.767. The number of thioether (sulfide) groups is 1. The Morgan fingerprint density at radius 2 is 2.24 bits per heavy atom. The van der Waals surface area contributed by atoms with Gasteiger partial charge in [-0.15, -0.1) is 11.8 Å². The molecule has 1 aromatic carbocycles. The van der Waals surface area contributed by atoms with Gasteiger partial charge in [0.2, 0.25) is 0 Å².